The maximum absolute atomic E-state index is 14.3. The molecule has 0 aliphatic carbocycles. The third kappa shape index (κ3) is 7.87. The number of halogens is 2. The van der Waals surface area contributed by atoms with E-state index in [1.807, 2.05) is 30.3 Å². The van der Waals surface area contributed by atoms with Crippen molar-refractivity contribution in [2.24, 2.45) is 0 Å². The quantitative estimate of drug-likeness (QED) is 0.218. The van der Waals surface area contributed by atoms with Crippen LogP contribution in [0.25, 0.3) is 0 Å². The highest BCUT2D eigenvalue weighted by molar-refractivity contribution is 7.92. The second-order valence-electron chi connectivity index (χ2n) is 9.60. The van der Waals surface area contributed by atoms with Crippen LogP contribution in [0.15, 0.2) is 108 Å². The van der Waals surface area contributed by atoms with Crippen LogP contribution in [-0.4, -0.2) is 51.9 Å². The van der Waals surface area contributed by atoms with Gasteiger partial charge in [0, 0.05) is 30.1 Å². The summed E-state index contributed by atoms with van der Waals surface area (Å²) in [6.45, 7) is -0.642. The molecule has 0 radical (unpaired) electrons. The molecule has 0 aliphatic heterocycles. The van der Waals surface area contributed by atoms with Crippen molar-refractivity contribution < 1.29 is 22.7 Å². The van der Waals surface area contributed by atoms with Gasteiger partial charge in [0.25, 0.3) is 10.0 Å². The number of amides is 2. The van der Waals surface area contributed by atoms with Gasteiger partial charge in [-0.25, -0.2) is 8.42 Å². The van der Waals surface area contributed by atoms with Crippen LogP contribution in [0.2, 0.25) is 10.0 Å². The molecule has 1 N–H and O–H groups in total. The van der Waals surface area contributed by atoms with E-state index >= 15 is 0 Å². The van der Waals surface area contributed by atoms with Crippen molar-refractivity contribution in [3.05, 3.63) is 124 Å². The Balaban J connectivity index is 1.78. The lowest BCUT2D eigenvalue weighted by Gasteiger charge is -2.33. The van der Waals surface area contributed by atoms with Gasteiger partial charge in [0.05, 0.1) is 17.7 Å². The second kappa shape index (κ2) is 14.4. The van der Waals surface area contributed by atoms with Crippen molar-refractivity contribution >= 4 is 50.7 Å². The minimum atomic E-state index is -4.22. The SMILES string of the molecule is CNC(=O)C(Cc1ccccc1)N(Cc1ccc(Cl)cc1Cl)C(=O)CN(c1ccccc1)S(=O)(=O)c1ccc(OC)cc1. The van der Waals surface area contributed by atoms with Crippen LogP contribution in [0.1, 0.15) is 11.1 Å². The number of nitrogens with zero attached hydrogens (tertiary/aromatic N) is 2. The first kappa shape index (κ1) is 31.9. The van der Waals surface area contributed by atoms with Gasteiger partial charge in [0.1, 0.15) is 18.3 Å². The molecule has 0 bridgehead atoms. The number of sulfonamides is 1. The normalized spacial score (nSPS) is 11.8. The summed E-state index contributed by atoms with van der Waals surface area (Å²) >= 11 is 12.6. The van der Waals surface area contributed by atoms with E-state index in [1.54, 1.807) is 48.5 Å². The van der Waals surface area contributed by atoms with Crippen molar-refractivity contribution in [1.82, 2.24) is 10.2 Å². The number of carbonyl (C=O) groups excluding carboxylic acids is 2. The van der Waals surface area contributed by atoms with Crippen LogP contribution < -0.4 is 14.4 Å². The van der Waals surface area contributed by atoms with Crippen LogP contribution in [0.4, 0.5) is 5.69 Å². The first-order valence-electron chi connectivity index (χ1n) is 13.3. The number of carbonyl (C=O) groups is 2. The van der Waals surface area contributed by atoms with Gasteiger partial charge in [-0.1, -0.05) is 77.8 Å². The van der Waals surface area contributed by atoms with E-state index in [9.17, 15) is 18.0 Å². The number of ether oxygens (including phenoxy) is 1. The molecule has 1 unspecified atom stereocenters. The fourth-order valence-corrected chi connectivity index (χ4v) is 6.43. The van der Waals surface area contributed by atoms with Crippen molar-refractivity contribution in [3.8, 4) is 5.75 Å². The summed E-state index contributed by atoms with van der Waals surface area (Å²) in [4.78, 5) is 29.0. The molecule has 2 amide bonds. The molecule has 0 heterocycles. The molecule has 4 rings (SSSR count). The smallest absolute Gasteiger partial charge is 0.264 e. The Kier molecular flexibility index (Phi) is 10.7. The maximum Gasteiger partial charge on any atom is 0.264 e. The molecule has 4 aromatic rings. The number of methoxy groups -OCH3 is 1. The maximum atomic E-state index is 14.3. The number of likely N-dealkylation sites (N-methyl/N-ethyl adjacent to an activating group) is 1. The highest BCUT2D eigenvalue weighted by Crippen LogP contribution is 2.27. The van der Waals surface area contributed by atoms with E-state index < -0.39 is 34.4 Å². The van der Waals surface area contributed by atoms with Gasteiger partial charge >= 0.3 is 0 Å². The molecule has 1 atom stereocenters. The molecular weight excluding hydrogens is 609 g/mol. The highest BCUT2D eigenvalue weighted by atomic mass is 35.5. The van der Waals surface area contributed by atoms with Crippen LogP contribution in [0.3, 0.4) is 0 Å². The lowest BCUT2D eigenvalue weighted by atomic mass is 10.0. The molecule has 43 heavy (non-hydrogen) atoms. The van der Waals surface area contributed by atoms with Crippen molar-refractivity contribution in [3.63, 3.8) is 0 Å². The zero-order valence-electron chi connectivity index (χ0n) is 23.6. The zero-order chi connectivity index (χ0) is 31.0. The number of para-hydroxylation sites is 1. The molecule has 0 aliphatic rings. The van der Waals surface area contributed by atoms with Crippen molar-refractivity contribution in [2.75, 3.05) is 25.0 Å². The Labute approximate surface area is 261 Å². The summed E-state index contributed by atoms with van der Waals surface area (Å²) in [7, 11) is -1.25. The fourth-order valence-electron chi connectivity index (χ4n) is 4.55. The number of hydrogen-bond donors (Lipinski definition) is 1. The molecule has 0 spiro atoms. The van der Waals surface area contributed by atoms with Gasteiger partial charge in [0.15, 0.2) is 0 Å². The average Bonchev–Trinajstić information content (AvgIpc) is 3.02. The Bertz CT molecular complexity index is 1650. The molecule has 8 nitrogen and oxygen atoms in total. The van der Waals surface area contributed by atoms with Gasteiger partial charge in [-0.15, -0.1) is 0 Å². The predicted molar refractivity (Wildman–Crippen MR) is 169 cm³/mol. The van der Waals surface area contributed by atoms with Crippen molar-refractivity contribution in [2.45, 2.75) is 23.9 Å². The highest BCUT2D eigenvalue weighted by Gasteiger charge is 2.34. The minimum absolute atomic E-state index is 0.0237. The van der Waals surface area contributed by atoms with Crippen LogP contribution in [0, 0.1) is 0 Å². The van der Waals surface area contributed by atoms with E-state index in [0.717, 1.165) is 9.87 Å². The monoisotopic (exact) mass is 639 g/mol. The molecule has 0 saturated carbocycles. The molecule has 224 valence electrons. The summed E-state index contributed by atoms with van der Waals surface area (Å²) in [5.74, 6) is -0.523. The van der Waals surface area contributed by atoms with Gasteiger partial charge < -0.3 is 15.0 Å². The third-order valence-corrected chi connectivity index (χ3v) is 9.22. The second-order valence-corrected chi connectivity index (χ2v) is 12.3. The van der Waals surface area contributed by atoms with E-state index in [-0.39, 0.29) is 23.5 Å². The number of benzene rings is 4. The standard InChI is InChI=1S/C32H31Cl2N3O5S/c1-35-32(39)30(19-23-9-5-3-6-10-23)36(21-24-13-14-25(33)20-29(24)34)31(38)22-37(26-11-7-4-8-12-26)43(40,41)28-17-15-27(42-2)16-18-28/h3-18,20,30H,19,21-22H2,1-2H3,(H,35,39). The molecular formula is C32H31Cl2N3O5S. The molecule has 0 fully saturated rings. The number of nitrogens with one attached hydrogen (secondary N) is 1. The Morgan fingerprint density at radius 3 is 2.09 bits per heavy atom. The zero-order valence-corrected chi connectivity index (χ0v) is 25.9. The summed E-state index contributed by atoms with van der Waals surface area (Å²) in [5, 5.41) is 3.38. The minimum Gasteiger partial charge on any atom is -0.497 e. The van der Waals surface area contributed by atoms with Crippen LogP contribution in [-0.2, 0) is 32.6 Å². The van der Waals surface area contributed by atoms with E-state index in [1.165, 1.54) is 43.3 Å². The van der Waals surface area contributed by atoms with E-state index in [2.05, 4.69) is 5.32 Å². The molecule has 0 aromatic heterocycles. The lowest BCUT2D eigenvalue weighted by molar-refractivity contribution is -0.139. The van der Waals surface area contributed by atoms with Crippen LogP contribution in [0.5, 0.6) is 5.75 Å². The topological polar surface area (TPSA) is 96.0 Å². The number of rotatable bonds is 12. The van der Waals surface area contributed by atoms with Gasteiger partial charge in [0.2, 0.25) is 11.8 Å². The molecule has 4 aromatic carbocycles. The summed E-state index contributed by atoms with van der Waals surface area (Å²) in [6, 6.07) is 27.4. The first-order chi connectivity index (χ1) is 20.6. The van der Waals surface area contributed by atoms with Gasteiger partial charge in [-0.2, -0.15) is 0 Å². The summed E-state index contributed by atoms with van der Waals surface area (Å²) in [5.41, 5.74) is 1.66. The Morgan fingerprint density at radius 2 is 1.51 bits per heavy atom. The Hall–Kier alpha value is -4.05. The first-order valence-corrected chi connectivity index (χ1v) is 15.5. The van der Waals surface area contributed by atoms with E-state index in [0.29, 0.717) is 21.4 Å². The third-order valence-electron chi connectivity index (χ3n) is 6.84. The Morgan fingerprint density at radius 1 is 0.884 bits per heavy atom. The van der Waals surface area contributed by atoms with Gasteiger partial charge in [-0.3, -0.25) is 13.9 Å². The molecule has 0 saturated heterocycles. The predicted octanol–water partition coefficient (Wildman–Crippen LogP) is 5.58. The van der Waals surface area contributed by atoms with Crippen molar-refractivity contribution in [1.29, 1.82) is 0 Å². The lowest BCUT2D eigenvalue weighted by Crippen LogP contribution is -2.53. The average molecular weight is 641 g/mol. The fraction of sp³-hybridized carbons (Fsp3) is 0.188. The number of anilines is 1. The largest absolute Gasteiger partial charge is 0.497 e. The number of hydrogen-bond acceptors (Lipinski definition) is 5. The van der Waals surface area contributed by atoms with Gasteiger partial charge in [-0.05, 0) is 59.7 Å². The summed E-state index contributed by atoms with van der Waals surface area (Å²) < 4.78 is 34.2. The summed E-state index contributed by atoms with van der Waals surface area (Å²) in [6.07, 6.45) is 0.189. The van der Waals surface area contributed by atoms with Crippen LogP contribution >= 0.6 is 23.2 Å². The van der Waals surface area contributed by atoms with E-state index in [4.69, 9.17) is 27.9 Å². The molecule has 11 heteroatoms.